The van der Waals surface area contributed by atoms with Crippen LogP contribution in [0.4, 0.5) is 0 Å². The van der Waals surface area contributed by atoms with Crippen LogP contribution in [-0.2, 0) is 14.3 Å². The van der Waals surface area contributed by atoms with E-state index in [1.54, 1.807) is 30.3 Å². The molecule has 0 aromatic heterocycles. The Balaban J connectivity index is 1.29. The number of aliphatic hydroxyl groups is 1. The van der Waals surface area contributed by atoms with Crippen molar-refractivity contribution in [3.05, 3.63) is 47.6 Å². The number of benzene rings is 1. The average Bonchev–Trinajstić information content (AvgIpc) is 2.97. The van der Waals surface area contributed by atoms with Gasteiger partial charge in [-0.15, -0.1) is 0 Å². The summed E-state index contributed by atoms with van der Waals surface area (Å²) in [7, 11) is 0. The largest absolute Gasteiger partial charge is 0.508 e. The van der Waals surface area contributed by atoms with Gasteiger partial charge < -0.3 is 20.1 Å². The number of esters is 1. The van der Waals surface area contributed by atoms with E-state index < -0.39 is 35.0 Å². The van der Waals surface area contributed by atoms with Crippen molar-refractivity contribution in [1.82, 2.24) is 0 Å². The molecule has 6 rings (SSSR count). The van der Waals surface area contributed by atoms with E-state index in [-0.39, 0.29) is 33.8 Å². The molecule has 1 aromatic rings. The molecule has 5 aliphatic rings. The third kappa shape index (κ3) is 4.58. The Labute approximate surface area is 269 Å². The van der Waals surface area contributed by atoms with E-state index >= 15 is 0 Å². The summed E-state index contributed by atoms with van der Waals surface area (Å²) in [6, 6.07) is 6.62. The van der Waals surface area contributed by atoms with Crippen LogP contribution in [0.3, 0.4) is 0 Å². The third-order valence-electron chi connectivity index (χ3n) is 14.9. The van der Waals surface area contributed by atoms with Crippen LogP contribution in [0, 0.1) is 56.7 Å². The first-order valence-electron chi connectivity index (χ1n) is 17.3. The van der Waals surface area contributed by atoms with Crippen LogP contribution in [0.5, 0.6) is 5.75 Å². The lowest BCUT2D eigenvalue weighted by atomic mass is 9.33. The molecular formula is C39H54O6. The number of carboxylic acids is 1. The number of rotatable bonds is 4. The highest BCUT2D eigenvalue weighted by atomic mass is 16.6. The molecule has 1 aromatic carbocycles. The second-order valence-electron chi connectivity index (χ2n) is 17.0. The summed E-state index contributed by atoms with van der Waals surface area (Å²) in [6.45, 7) is 16.2. The number of aliphatic carboxylic acids is 1. The van der Waals surface area contributed by atoms with Crippen LogP contribution in [0.25, 0.3) is 6.08 Å². The number of carbonyl (C=O) groups excluding carboxylic acids is 1. The number of carboxylic acid groups (broad SMARTS) is 1. The molecule has 6 nitrogen and oxygen atoms in total. The molecule has 3 N–H and O–H groups in total. The van der Waals surface area contributed by atoms with Gasteiger partial charge in [-0.25, -0.2) is 4.79 Å². The summed E-state index contributed by atoms with van der Waals surface area (Å²) in [6.07, 6.45) is 11.1. The Morgan fingerprint density at radius 3 is 2.29 bits per heavy atom. The van der Waals surface area contributed by atoms with Crippen LogP contribution in [0.2, 0.25) is 0 Å². The molecule has 4 fully saturated rings. The smallest absolute Gasteiger partial charge is 0.331 e. The minimum Gasteiger partial charge on any atom is -0.508 e. The third-order valence-corrected chi connectivity index (χ3v) is 14.9. The van der Waals surface area contributed by atoms with E-state index in [1.807, 2.05) is 0 Å². The number of phenols is 1. The summed E-state index contributed by atoms with van der Waals surface area (Å²) in [5, 5.41) is 32.0. The van der Waals surface area contributed by atoms with Crippen LogP contribution in [0.15, 0.2) is 42.0 Å². The highest BCUT2D eigenvalue weighted by molar-refractivity contribution is 5.87. The van der Waals surface area contributed by atoms with Gasteiger partial charge in [0.15, 0.2) is 0 Å². The minimum atomic E-state index is -0.780. The molecule has 6 heteroatoms. The zero-order valence-corrected chi connectivity index (χ0v) is 28.3. The number of phenolic OH excluding ortho intramolecular Hbond substituents is 1. The molecule has 0 saturated heterocycles. The molecule has 45 heavy (non-hydrogen) atoms. The second-order valence-corrected chi connectivity index (χ2v) is 17.0. The fourth-order valence-corrected chi connectivity index (χ4v) is 12.1. The molecule has 0 bridgehead atoms. The number of hydrogen-bond acceptors (Lipinski definition) is 5. The zero-order chi connectivity index (χ0) is 32.7. The number of hydrogen-bond donors (Lipinski definition) is 3. The van der Waals surface area contributed by atoms with E-state index in [1.165, 1.54) is 11.6 Å². The molecule has 4 saturated carbocycles. The van der Waals surface area contributed by atoms with Gasteiger partial charge in [0.25, 0.3) is 0 Å². The predicted molar refractivity (Wildman–Crippen MR) is 175 cm³/mol. The van der Waals surface area contributed by atoms with E-state index in [0.717, 1.165) is 50.5 Å². The minimum absolute atomic E-state index is 0.0143. The fraction of sp³-hybridized carbons (Fsp3) is 0.692. The summed E-state index contributed by atoms with van der Waals surface area (Å²) >= 11 is 0. The molecule has 11 atom stereocenters. The molecule has 5 aliphatic carbocycles. The molecule has 0 amide bonds. The number of allylic oxidation sites excluding steroid dienone is 2. The highest BCUT2D eigenvalue weighted by Crippen LogP contribution is 2.75. The molecule has 0 unspecified atom stereocenters. The van der Waals surface area contributed by atoms with Crippen LogP contribution in [-0.4, -0.2) is 39.5 Å². The fourth-order valence-electron chi connectivity index (χ4n) is 12.1. The molecule has 0 radical (unpaired) electrons. The predicted octanol–water partition coefficient (Wildman–Crippen LogP) is 8.03. The van der Waals surface area contributed by atoms with Crippen molar-refractivity contribution >= 4 is 18.0 Å². The first-order chi connectivity index (χ1) is 21.0. The van der Waals surface area contributed by atoms with Gasteiger partial charge in [0.1, 0.15) is 11.9 Å². The lowest BCUT2D eigenvalue weighted by Crippen LogP contribution is -2.67. The van der Waals surface area contributed by atoms with Crippen molar-refractivity contribution in [3.8, 4) is 5.75 Å². The van der Waals surface area contributed by atoms with Gasteiger partial charge in [-0.1, -0.05) is 72.2 Å². The molecule has 0 spiro atoms. The summed E-state index contributed by atoms with van der Waals surface area (Å²) in [5.41, 5.74) is 0.857. The van der Waals surface area contributed by atoms with E-state index in [2.05, 4.69) is 54.5 Å². The van der Waals surface area contributed by atoms with Gasteiger partial charge in [0.2, 0.25) is 0 Å². The first-order valence-corrected chi connectivity index (χ1v) is 17.3. The Kier molecular flexibility index (Phi) is 7.70. The maximum absolute atomic E-state index is 13.0. The lowest BCUT2D eigenvalue weighted by Gasteiger charge is -2.71. The summed E-state index contributed by atoms with van der Waals surface area (Å²) in [5.74, 6) is 0.617. The van der Waals surface area contributed by atoms with Gasteiger partial charge in [-0.2, -0.15) is 0 Å². The number of fused-ring (bicyclic) bond motifs is 7. The van der Waals surface area contributed by atoms with Crippen molar-refractivity contribution in [1.29, 1.82) is 0 Å². The SMILES string of the molecule is C[C@@H]1[C@H]2C3=CC[C@H]4[C@@]5(C)C[C@@H](O)[C@H](OC(=O)C=Cc6ccc(O)cc6)C(C)(C)[C@@H]5CC[C@@]4(C)[C@@]3(C)CC[C@]2(C(=O)O)CC[C@@H]1C. The van der Waals surface area contributed by atoms with Crippen molar-refractivity contribution in [2.45, 2.75) is 112 Å². The van der Waals surface area contributed by atoms with E-state index in [0.29, 0.717) is 24.2 Å². The van der Waals surface area contributed by atoms with Crippen molar-refractivity contribution in [2.24, 2.45) is 56.7 Å². The lowest BCUT2D eigenvalue weighted by molar-refractivity contribution is -0.238. The van der Waals surface area contributed by atoms with Gasteiger partial charge in [-0.05, 0) is 121 Å². The molecule has 0 heterocycles. The Morgan fingerprint density at radius 2 is 1.62 bits per heavy atom. The summed E-state index contributed by atoms with van der Waals surface area (Å²) in [4.78, 5) is 26.0. The standard InChI is InChI=1S/C39H54O6/c1-23-16-19-39(34(43)44)21-20-37(6)27(32(39)24(23)2)13-14-30-36(5)22-28(41)33(35(3,4)29(36)17-18-38(30,37)7)45-31(42)15-10-25-8-11-26(40)12-9-25/h8-13,15,23-24,28-30,32-33,40-41H,14,16-22H2,1-7H3,(H,43,44)/t23-,24-,28+,29-,30-,32-,33-,36-,37-,38+,39+/m0/s1. The van der Waals surface area contributed by atoms with Crippen LogP contribution < -0.4 is 0 Å². The van der Waals surface area contributed by atoms with E-state index in [9.17, 15) is 24.9 Å². The van der Waals surface area contributed by atoms with Gasteiger partial charge in [-0.3, -0.25) is 4.79 Å². The molecule has 246 valence electrons. The van der Waals surface area contributed by atoms with Crippen molar-refractivity contribution in [3.63, 3.8) is 0 Å². The Bertz CT molecular complexity index is 1410. The quantitative estimate of drug-likeness (QED) is 0.179. The van der Waals surface area contributed by atoms with Crippen molar-refractivity contribution in [2.75, 3.05) is 0 Å². The maximum atomic E-state index is 13.0. The Morgan fingerprint density at radius 1 is 0.933 bits per heavy atom. The molecule has 0 aliphatic heterocycles. The number of carbonyl (C=O) groups is 2. The first kappa shape index (κ1) is 32.3. The number of ether oxygens (including phenoxy) is 1. The topological polar surface area (TPSA) is 104 Å². The monoisotopic (exact) mass is 618 g/mol. The Hall–Kier alpha value is -2.60. The zero-order valence-electron chi connectivity index (χ0n) is 28.3. The number of aliphatic hydroxyl groups excluding tert-OH is 1. The summed E-state index contributed by atoms with van der Waals surface area (Å²) < 4.78 is 6.05. The van der Waals surface area contributed by atoms with Crippen LogP contribution in [0.1, 0.15) is 105 Å². The van der Waals surface area contributed by atoms with E-state index in [4.69, 9.17) is 4.74 Å². The highest BCUT2D eigenvalue weighted by Gasteiger charge is 2.70. The second kappa shape index (κ2) is 10.7. The normalized spacial score (nSPS) is 45.3. The van der Waals surface area contributed by atoms with Gasteiger partial charge in [0.05, 0.1) is 11.5 Å². The molecular weight excluding hydrogens is 564 g/mol. The average molecular weight is 619 g/mol. The van der Waals surface area contributed by atoms with Crippen LogP contribution >= 0.6 is 0 Å². The van der Waals surface area contributed by atoms with Gasteiger partial charge in [0, 0.05) is 11.5 Å². The maximum Gasteiger partial charge on any atom is 0.331 e. The van der Waals surface area contributed by atoms with Crippen molar-refractivity contribution < 1.29 is 29.6 Å². The number of aromatic hydroxyl groups is 1. The van der Waals surface area contributed by atoms with Gasteiger partial charge >= 0.3 is 11.9 Å².